The fourth-order valence-electron chi connectivity index (χ4n) is 3.09. The molecule has 2 bridgehead atoms. The summed E-state index contributed by atoms with van der Waals surface area (Å²) in [6, 6.07) is -1.04. The molecule has 1 aliphatic carbocycles. The third-order valence-electron chi connectivity index (χ3n) is 3.80. The fraction of sp³-hybridized carbons (Fsp3) is 0.917. The number of halogens is 2. The highest BCUT2D eigenvalue weighted by Crippen LogP contribution is 2.55. The van der Waals surface area contributed by atoms with Crippen LogP contribution in [0.5, 0.6) is 0 Å². The molecular weight excluding hydrogens is 242 g/mol. The van der Waals surface area contributed by atoms with Crippen molar-refractivity contribution in [2.75, 3.05) is 6.54 Å². The SMILES string of the molecule is CC(C)(C)OC(=O)N1C(C(F)F)C2CC1(CN)C2. The van der Waals surface area contributed by atoms with E-state index in [1.807, 2.05) is 0 Å². The van der Waals surface area contributed by atoms with Gasteiger partial charge in [-0.05, 0) is 39.5 Å². The zero-order valence-electron chi connectivity index (χ0n) is 11.0. The van der Waals surface area contributed by atoms with Gasteiger partial charge in [0.05, 0.1) is 11.6 Å². The second-order valence-corrected chi connectivity index (χ2v) is 6.27. The molecule has 3 rings (SSSR count). The van der Waals surface area contributed by atoms with Gasteiger partial charge in [0.1, 0.15) is 5.60 Å². The lowest BCUT2D eigenvalue weighted by Crippen LogP contribution is -2.56. The average molecular weight is 262 g/mol. The van der Waals surface area contributed by atoms with Gasteiger partial charge in [-0.15, -0.1) is 0 Å². The predicted octanol–water partition coefficient (Wildman–Crippen LogP) is 1.98. The summed E-state index contributed by atoms with van der Waals surface area (Å²) in [5.41, 5.74) is 4.37. The third-order valence-corrected chi connectivity index (χ3v) is 3.80. The van der Waals surface area contributed by atoms with Crippen molar-refractivity contribution in [1.82, 2.24) is 4.90 Å². The van der Waals surface area contributed by atoms with Crippen LogP contribution in [0.4, 0.5) is 13.6 Å². The van der Waals surface area contributed by atoms with Crippen LogP contribution < -0.4 is 5.73 Å². The van der Waals surface area contributed by atoms with E-state index in [1.54, 1.807) is 20.8 Å². The lowest BCUT2D eigenvalue weighted by Gasteiger charge is -2.41. The Hall–Kier alpha value is -0.910. The molecule has 0 aromatic heterocycles. The molecule has 2 saturated heterocycles. The van der Waals surface area contributed by atoms with Crippen LogP contribution in [0.15, 0.2) is 0 Å². The van der Waals surface area contributed by atoms with Gasteiger partial charge in [-0.3, -0.25) is 4.90 Å². The van der Waals surface area contributed by atoms with Crippen molar-refractivity contribution < 1.29 is 18.3 Å². The van der Waals surface area contributed by atoms with E-state index < -0.39 is 29.7 Å². The maximum absolute atomic E-state index is 13.1. The van der Waals surface area contributed by atoms with Gasteiger partial charge in [0.15, 0.2) is 0 Å². The molecule has 0 aromatic carbocycles. The van der Waals surface area contributed by atoms with Crippen LogP contribution >= 0.6 is 0 Å². The maximum Gasteiger partial charge on any atom is 0.411 e. The summed E-state index contributed by atoms with van der Waals surface area (Å²) in [6.45, 7) is 5.37. The minimum absolute atomic E-state index is 0.138. The number of hydrogen-bond acceptors (Lipinski definition) is 3. The zero-order chi connectivity index (χ0) is 13.7. The zero-order valence-corrected chi connectivity index (χ0v) is 11.0. The van der Waals surface area contributed by atoms with Crippen LogP contribution in [-0.4, -0.2) is 41.1 Å². The Balaban J connectivity index is 2.20. The number of carbonyl (C=O) groups is 1. The van der Waals surface area contributed by atoms with Gasteiger partial charge in [0.25, 0.3) is 6.43 Å². The van der Waals surface area contributed by atoms with E-state index in [-0.39, 0.29) is 12.5 Å². The van der Waals surface area contributed by atoms with Crippen LogP contribution in [0.1, 0.15) is 33.6 Å². The summed E-state index contributed by atoms with van der Waals surface area (Å²) in [5.74, 6) is -0.138. The Morgan fingerprint density at radius 1 is 1.50 bits per heavy atom. The number of ether oxygens (including phenoxy) is 1. The highest BCUT2D eigenvalue weighted by Gasteiger charge is 2.65. The molecule has 0 radical (unpaired) electrons. The molecule has 0 aromatic rings. The highest BCUT2D eigenvalue weighted by molar-refractivity contribution is 5.71. The number of alkyl halides is 2. The highest BCUT2D eigenvalue weighted by atomic mass is 19.3. The molecule has 2 aliphatic heterocycles. The monoisotopic (exact) mass is 262 g/mol. The van der Waals surface area contributed by atoms with Crippen LogP contribution in [0.25, 0.3) is 0 Å². The van der Waals surface area contributed by atoms with Crippen LogP contribution in [0.2, 0.25) is 0 Å². The number of nitrogens with two attached hydrogens (primary N) is 1. The molecule has 18 heavy (non-hydrogen) atoms. The van der Waals surface area contributed by atoms with Gasteiger partial charge in [-0.1, -0.05) is 0 Å². The minimum Gasteiger partial charge on any atom is -0.444 e. The smallest absolute Gasteiger partial charge is 0.411 e. The fourth-order valence-corrected chi connectivity index (χ4v) is 3.09. The van der Waals surface area contributed by atoms with E-state index in [1.165, 1.54) is 4.90 Å². The van der Waals surface area contributed by atoms with E-state index in [9.17, 15) is 13.6 Å². The second kappa shape index (κ2) is 4.05. The van der Waals surface area contributed by atoms with Crippen molar-refractivity contribution in [3.63, 3.8) is 0 Å². The van der Waals surface area contributed by atoms with Crippen molar-refractivity contribution in [2.24, 2.45) is 11.7 Å². The molecule has 1 unspecified atom stereocenters. The summed E-state index contributed by atoms with van der Waals surface area (Å²) in [7, 11) is 0. The quantitative estimate of drug-likeness (QED) is 0.828. The average Bonchev–Trinajstić information content (AvgIpc) is 2.62. The van der Waals surface area contributed by atoms with E-state index in [0.717, 1.165) is 0 Å². The van der Waals surface area contributed by atoms with Crippen LogP contribution in [-0.2, 0) is 4.74 Å². The summed E-state index contributed by atoms with van der Waals surface area (Å²) in [6.07, 6.45) is -2.08. The molecule has 0 spiro atoms. The topological polar surface area (TPSA) is 55.6 Å². The van der Waals surface area contributed by atoms with Crippen molar-refractivity contribution in [3.05, 3.63) is 0 Å². The molecule has 2 N–H and O–H groups in total. The third kappa shape index (κ3) is 1.96. The lowest BCUT2D eigenvalue weighted by molar-refractivity contribution is -0.0164. The summed E-state index contributed by atoms with van der Waals surface area (Å²) >= 11 is 0. The molecule has 1 saturated carbocycles. The molecular formula is C12H20F2N2O2. The number of amides is 1. The van der Waals surface area contributed by atoms with Gasteiger partial charge < -0.3 is 10.5 Å². The number of nitrogens with zero attached hydrogens (tertiary/aromatic N) is 1. The van der Waals surface area contributed by atoms with Crippen molar-refractivity contribution in [1.29, 1.82) is 0 Å². The Morgan fingerprint density at radius 3 is 2.44 bits per heavy atom. The van der Waals surface area contributed by atoms with E-state index >= 15 is 0 Å². The van der Waals surface area contributed by atoms with Crippen LogP contribution in [0, 0.1) is 5.92 Å². The van der Waals surface area contributed by atoms with Crippen molar-refractivity contribution >= 4 is 6.09 Å². The van der Waals surface area contributed by atoms with Gasteiger partial charge in [0.2, 0.25) is 0 Å². The van der Waals surface area contributed by atoms with Crippen LogP contribution in [0.3, 0.4) is 0 Å². The molecule has 6 heteroatoms. The van der Waals surface area contributed by atoms with E-state index in [2.05, 4.69) is 0 Å². The van der Waals surface area contributed by atoms with Gasteiger partial charge in [-0.25, -0.2) is 13.6 Å². The molecule has 1 amide bonds. The van der Waals surface area contributed by atoms with Gasteiger partial charge in [-0.2, -0.15) is 0 Å². The largest absolute Gasteiger partial charge is 0.444 e. The first-order chi connectivity index (χ1) is 8.20. The molecule has 3 aliphatic rings. The Labute approximate surface area is 105 Å². The lowest BCUT2D eigenvalue weighted by atomic mass is 9.72. The molecule has 3 fully saturated rings. The van der Waals surface area contributed by atoms with E-state index in [0.29, 0.717) is 12.8 Å². The summed E-state index contributed by atoms with van der Waals surface area (Å²) in [4.78, 5) is 13.3. The first kappa shape index (κ1) is 13.5. The maximum atomic E-state index is 13.1. The van der Waals surface area contributed by atoms with E-state index in [4.69, 9.17) is 10.5 Å². The summed E-state index contributed by atoms with van der Waals surface area (Å²) in [5, 5.41) is 0. The number of carbonyl (C=O) groups excluding carboxylic acids is 1. The first-order valence-electron chi connectivity index (χ1n) is 6.21. The van der Waals surface area contributed by atoms with Crippen molar-refractivity contribution in [3.8, 4) is 0 Å². The molecule has 4 nitrogen and oxygen atoms in total. The second-order valence-electron chi connectivity index (χ2n) is 6.27. The summed E-state index contributed by atoms with van der Waals surface area (Å²) < 4.78 is 31.4. The standard InChI is InChI=1S/C12H20F2N2O2/c1-11(2,3)18-10(17)16-8(9(13)14)7-4-12(16,5-7)6-15/h7-9H,4-6,15H2,1-3H3. The van der Waals surface area contributed by atoms with Gasteiger partial charge >= 0.3 is 6.09 Å². The Morgan fingerprint density at radius 2 is 2.06 bits per heavy atom. The minimum atomic E-state index is -2.54. The predicted molar refractivity (Wildman–Crippen MR) is 62.4 cm³/mol. The first-order valence-corrected chi connectivity index (χ1v) is 6.21. The number of hydrogen-bond donors (Lipinski definition) is 1. The Bertz CT molecular complexity index is 348. The molecule has 1 atom stereocenters. The van der Waals surface area contributed by atoms with Crippen molar-refractivity contribution in [2.45, 2.75) is 57.2 Å². The molecule has 2 heterocycles. The molecule has 104 valence electrons. The van der Waals surface area contributed by atoms with Gasteiger partial charge in [0, 0.05) is 6.54 Å². The Kier molecular flexibility index (Phi) is 3.04. The number of rotatable bonds is 2. The number of fused-ring (bicyclic) bond motifs is 1. The normalized spacial score (nSPS) is 34.7.